The molecule has 0 saturated heterocycles. The fourth-order valence-electron chi connectivity index (χ4n) is 2.52. The van der Waals surface area contributed by atoms with Gasteiger partial charge in [0.05, 0.1) is 27.5 Å². The fourth-order valence-corrected chi connectivity index (χ4v) is 2.52. The lowest BCUT2D eigenvalue weighted by Gasteiger charge is -2.17. The molecule has 0 aliphatic carbocycles. The van der Waals surface area contributed by atoms with Crippen LogP contribution in [-0.2, 0) is 9.53 Å². The molecule has 0 saturated carbocycles. The van der Waals surface area contributed by atoms with Gasteiger partial charge in [0.15, 0.2) is 17.6 Å². The molecule has 28 heavy (non-hydrogen) atoms. The topological polar surface area (TPSA) is 101 Å². The minimum atomic E-state index is -1.04. The first-order chi connectivity index (χ1) is 13.3. The molecule has 152 valence electrons. The van der Waals surface area contributed by atoms with Gasteiger partial charge in [-0.25, -0.2) is 9.48 Å². The van der Waals surface area contributed by atoms with E-state index < -0.39 is 18.0 Å². The van der Waals surface area contributed by atoms with Gasteiger partial charge in [0, 0.05) is 24.2 Å². The highest BCUT2D eigenvalue weighted by Crippen LogP contribution is 2.35. The quantitative estimate of drug-likeness (QED) is 0.690. The van der Waals surface area contributed by atoms with Crippen LogP contribution in [-0.4, -0.2) is 49.1 Å². The Hall–Kier alpha value is -3.23. The molecule has 0 aliphatic heterocycles. The van der Waals surface area contributed by atoms with Crippen molar-refractivity contribution in [2.45, 2.75) is 32.9 Å². The molecule has 1 aromatic carbocycles. The van der Waals surface area contributed by atoms with Gasteiger partial charge in [-0.3, -0.25) is 4.79 Å². The molecule has 9 heteroatoms. The number of amides is 1. The summed E-state index contributed by atoms with van der Waals surface area (Å²) in [5, 5.41) is 6.85. The van der Waals surface area contributed by atoms with E-state index in [1.165, 1.54) is 40.4 Å². The lowest BCUT2D eigenvalue weighted by atomic mass is 10.1. The number of methoxy groups -OCH3 is 3. The number of carbonyl (C=O) groups excluding carboxylic acids is 2. The van der Waals surface area contributed by atoms with E-state index in [-0.39, 0.29) is 17.4 Å². The van der Waals surface area contributed by atoms with Crippen molar-refractivity contribution in [2.24, 2.45) is 0 Å². The standard InChI is InChI=1S/C19H25N3O6/c1-11(2)22-17(7-8-20-22)21-18(23)12(3)28-19(24)13-9-15(26-5)16(27-6)10-14(13)25-4/h7-12H,1-6H3,(H,21,23). The number of hydrogen-bond acceptors (Lipinski definition) is 7. The van der Waals surface area contributed by atoms with Crippen LogP contribution >= 0.6 is 0 Å². The molecule has 0 radical (unpaired) electrons. The van der Waals surface area contributed by atoms with E-state index in [0.717, 1.165) is 0 Å². The van der Waals surface area contributed by atoms with Crippen LogP contribution in [0.25, 0.3) is 0 Å². The van der Waals surface area contributed by atoms with E-state index in [0.29, 0.717) is 17.3 Å². The molecule has 9 nitrogen and oxygen atoms in total. The van der Waals surface area contributed by atoms with Crippen molar-refractivity contribution in [3.05, 3.63) is 30.0 Å². The third kappa shape index (κ3) is 4.54. The summed E-state index contributed by atoms with van der Waals surface area (Å²) in [4.78, 5) is 25.0. The molecular formula is C19H25N3O6. The molecule has 0 aliphatic rings. The van der Waals surface area contributed by atoms with Gasteiger partial charge >= 0.3 is 5.97 Å². The average Bonchev–Trinajstić information content (AvgIpc) is 3.14. The molecule has 1 unspecified atom stereocenters. The number of benzene rings is 1. The number of esters is 1. The van der Waals surface area contributed by atoms with Crippen molar-refractivity contribution in [3.8, 4) is 17.2 Å². The molecule has 1 amide bonds. The van der Waals surface area contributed by atoms with E-state index in [9.17, 15) is 9.59 Å². The van der Waals surface area contributed by atoms with Crippen LogP contribution in [0.3, 0.4) is 0 Å². The number of rotatable bonds is 8. The number of nitrogens with zero attached hydrogens (tertiary/aromatic N) is 2. The molecule has 0 fully saturated rings. The predicted molar refractivity (Wildman–Crippen MR) is 102 cm³/mol. The van der Waals surface area contributed by atoms with E-state index in [1.54, 1.807) is 16.9 Å². The van der Waals surface area contributed by atoms with E-state index in [2.05, 4.69) is 10.4 Å². The van der Waals surface area contributed by atoms with Gasteiger partial charge in [-0.05, 0) is 20.8 Å². The third-order valence-electron chi connectivity index (χ3n) is 3.99. The maximum absolute atomic E-state index is 12.6. The van der Waals surface area contributed by atoms with Crippen molar-refractivity contribution in [2.75, 3.05) is 26.6 Å². The summed E-state index contributed by atoms with van der Waals surface area (Å²) in [6.07, 6.45) is 0.543. The largest absolute Gasteiger partial charge is 0.496 e. The van der Waals surface area contributed by atoms with Crippen molar-refractivity contribution in [1.82, 2.24) is 9.78 Å². The highest BCUT2D eigenvalue weighted by Gasteiger charge is 2.24. The van der Waals surface area contributed by atoms with Crippen LogP contribution in [0.2, 0.25) is 0 Å². The lowest BCUT2D eigenvalue weighted by Crippen LogP contribution is -2.31. The van der Waals surface area contributed by atoms with Crippen molar-refractivity contribution >= 4 is 17.7 Å². The summed E-state index contributed by atoms with van der Waals surface area (Å²) >= 11 is 0. The predicted octanol–water partition coefficient (Wildman–Crippen LogP) is 2.67. The zero-order valence-electron chi connectivity index (χ0n) is 16.8. The van der Waals surface area contributed by atoms with Gasteiger partial charge in [0.1, 0.15) is 17.1 Å². The van der Waals surface area contributed by atoms with Gasteiger partial charge in [-0.1, -0.05) is 0 Å². The summed E-state index contributed by atoms with van der Waals surface area (Å²) in [6.45, 7) is 5.36. The Kier molecular flexibility index (Phi) is 6.86. The first kappa shape index (κ1) is 21.1. The fraction of sp³-hybridized carbons (Fsp3) is 0.421. The summed E-state index contributed by atoms with van der Waals surface area (Å²) in [7, 11) is 4.35. The zero-order valence-corrected chi connectivity index (χ0v) is 16.8. The Morgan fingerprint density at radius 2 is 1.61 bits per heavy atom. The summed E-state index contributed by atoms with van der Waals surface area (Å²) in [6, 6.07) is 4.70. The SMILES string of the molecule is COc1cc(OC)c(C(=O)OC(C)C(=O)Nc2ccnn2C(C)C)cc1OC. The highest BCUT2D eigenvalue weighted by atomic mass is 16.6. The summed E-state index contributed by atoms with van der Waals surface area (Å²) in [5.41, 5.74) is 0.118. The number of carbonyl (C=O) groups is 2. The molecule has 1 N–H and O–H groups in total. The molecule has 2 rings (SSSR count). The van der Waals surface area contributed by atoms with Crippen molar-refractivity contribution in [1.29, 1.82) is 0 Å². The van der Waals surface area contributed by atoms with Gasteiger partial charge < -0.3 is 24.3 Å². The monoisotopic (exact) mass is 391 g/mol. The minimum absolute atomic E-state index is 0.0687. The average molecular weight is 391 g/mol. The Balaban J connectivity index is 2.15. The van der Waals surface area contributed by atoms with E-state index in [4.69, 9.17) is 18.9 Å². The van der Waals surface area contributed by atoms with Gasteiger partial charge in [-0.15, -0.1) is 0 Å². The Morgan fingerprint density at radius 1 is 1.00 bits per heavy atom. The van der Waals surface area contributed by atoms with E-state index in [1.807, 2.05) is 13.8 Å². The Labute approximate surface area is 163 Å². The minimum Gasteiger partial charge on any atom is -0.496 e. The first-order valence-corrected chi connectivity index (χ1v) is 8.67. The normalized spacial score (nSPS) is 11.7. The zero-order chi connectivity index (χ0) is 20.8. The molecule has 1 aromatic heterocycles. The van der Waals surface area contributed by atoms with Crippen LogP contribution in [0, 0.1) is 0 Å². The van der Waals surface area contributed by atoms with E-state index >= 15 is 0 Å². The second kappa shape index (κ2) is 9.12. The van der Waals surface area contributed by atoms with Gasteiger partial charge in [0.25, 0.3) is 5.91 Å². The number of nitrogens with one attached hydrogen (secondary N) is 1. The second-order valence-corrected chi connectivity index (χ2v) is 6.20. The summed E-state index contributed by atoms with van der Waals surface area (Å²) < 4.78 is 22.6. The number of anilines is 1. The Morgan fingerprint density at radius 3 is 2.18 bits per heavy atom. The first-order valence-electron chi connectivity index (χ1n) is 8.67. The number of hydrogen-bond donors (Lipinski definition) is 1. The maximum atomic E-state index is 12.6. The molecule has 1 atom stereocenters. The summed E-state index contributed by atoms with van der Waals surface area (Å²) in [5.74, 6) is 0.310. The maximum Gasteiger partial charge on any atom is 0.342 e. The molecule has 0 spiro atoms. The van der Waals surface area contributed by atoms with Crippen LogP contribution in [0.5, 0.6) is 17.2 Å². The lowest BCUT2D eigenvalue weighted by molar-refractivity contribution is -0.123. The van der Waals surface area contributed by atoms with Crippen LogP contribution in [0.15, 0.2) is 24.4 Å². The number of aromatic nitrogens is 2. The van der Waals surface area contributed by atoms with Crippen LogP contribution < -0.4 is 19.5 Å². The van der Waals surface area contributed by atoms with Crippen molar-refractivity contribution in [3.63, 3.8) is 0 Å². The highest BCUT2D eigenvalue weighted by molar-refractivity contribution is 5.98. The second-order valence-electron chi connectivity index (χ2n) is 6.20. The van der Waals surface area contributed by atoms with Gasteiger partial charge in [-0.2, -0.15) is 5.10 Å². The molecule has 1 heterocycles. The van der Waals surface area contributed by atoms with Crippen LogP contribution in [0.1, 0.15) is 37.2 Å². The smallest absolute Gasteiger partial charge is 0.342 e. The molecule has 0 bridgehead atoms. The third-order valence-corrected chi connectivity index (χ3v) is 3.99. The molecule has 2 aromatic rings. The Bertz CT molecular complexity index is 846. The van der Waals surface area contributed by atoms with Crippen molar-refractivity contribution < 1.29 is 28.5 Å². The van der Waals surface area contributed by atoms with Crippen LogP contribution in [0.4, 0.5) is 5.82 Å². The van der Waals surface area contributed by atoms with Gasteiger partial charge in [0.2, 0.25) is 0 Å². The molecular weight excluding hydrogens is 366 g/mol. The number of ether oxygens (including phenoxy) is 4.